The van der Waals surface area contributed by atoms with Gasteiger partial charge in [-0.15, -0.1) is 0 Å². The van der Waals surface area contributed by atoms with Crippen molar-refractivity contribution in [3.05, 3.63) is 58.9 Å². The second-order valence-corrected chi connectivity index (χ2v) is 11.9. The van der Waals surface area contributed by atoms with E-state index in [1.165, 1.54) is 0 Å². The lowest BCUT2D eigenvalue weighted by atomic mass is 9.78. The maximum Gasteiger partial charge on any atom is 0.416 e. The number of nitrogens with one attached hydrogen (secondary N) is 1. The summed E-state index contributed by atoms with van der Waals surface area (Å²) >= 11 is 0. The molecule has 0 spiro atoms. The van der Waals surface area contributed by atoms with Gasteiger partial charge in [-0.1, -0.05) is 6.07 Å². The Labute approximate surface area is 250 Å². The van der Waals surface area contributed by atoms with Crippen molar-refractivity contribution in [1.29, 1.82) is 0 Å². The van der Waals surface area contributed by atoms with Gasteiger partial charge in [-0.05, 0) is 86.9 Å². The van der Waals surface area contributed by atoms with E-state index in [0.717, 1.165) is 87.0 Å². The number of amides is 1. The molecule has 2 aliphatic rings. The summed E-state index contributed by atoms with van der Waals surface area (Å²) in [5, 5.41) is 4.13. The number of piperazine rings is 1. The number of methoxy groups -OCH3 is 1. The van der Waals surface area contributed by atoms with Gasteiger partial charge in [0.1, 0.15) is 11.6 Å². The maximum atomic E-state index is 13.4. The van der Waals surface area contributed by atoms with Crippen LogP contribution in [0.2, 0.25) is 0 Å². The Kier molecular flexibility index (Phi) is 9.41. The molecule has 0 bridgehead atoms. The van der Waals surface area contributed by atoms with Crippen LogP contribution in [0.4, 0.5) is 24.7 Å². The Balaban J connectivity index is 1.27. The van der Waals surface area contributed by atoms with Crippen molar-refractivity contribution >= 4 is 28.3 Å². The van der Waals surface area contributed by atoms with E-state index in [-0.39, 0.29) is 17.5 Å². The van der Waals surface area contributed by atoms with Crippen LogP contribution in [0.25, 0.3) is 10.9 Å². The molecule has 8 nitrogen and oxygen atoms in total. The number of carbonyl (C=O) groups is 1. The predicted octanol–water partition coefficient (Wildman–Crippen LogP) is 5.78. The molecular weight excluding hydrogens is 557 g/mol. The number of hydrogen-bond acceptors (Lipinski definition) is 7. The Morgan fingerprint density at radius 1 is 1.07 bits per heavy atom. The first-order valence-electron chi connectivity index (χ1n) is 15.0. The summed E-state index contributed by atoms with van der Waals surface area (Å²) in [5.74, 6) is 1.79. The largest absolute Gasteiger partial charge is 0.416 e. The second kappa shape index (κ2) is 13.1. The number of benzene rings is 2. The van der Waals surface area contributed by atoms with Gasteiger partial charge in [0.25, 0.3) is 0 Å². The smallest absolute Gasteiger partial charge is 0.399 e. The third-order valence-electron chi connectivity index (χ3n) is 8.83. The van der Waals surface area contributed by atoms with E-state index < -0.39 is 17.8 Å². The Hall–Kier alpha value is -3.44. The van der Waals surface area contributed by atoms with Crippen molar-refractivity contribution in [2.24, 2.45) is 5.92 Å². The lowest BCUT2D eigenvalue weighted by Crippen LogP contribution is -2.51. The molecule has 0 radical (unpaired) electrons. The maximum absolute atomic E-state index is 13.4. The number of aromatic nitrogens is 2. The van der Waals surface area contributed by atoms with Gasteiger partial charge in [-0.3, -0.25) is 9.69 Å². The lowest BCUT2D eigenvalue weighted by molar-refractivity contribution is -0.139. The molecule has 1 atom stereocenters. The van der Waals surface area contributed by atoms with E-state index in [0.29, 0.717) is 29.7 Å². The molecule has 3 aromatic rings. The molecule has 1 aromatic heterocycles. The van der Waals surface area contributed by atoms with Crippen LogP contribution in [0.5, 0.6) is 0 Å². The number of alkyl halides is 3. The van der Waals surface area contributed by atoms with Gasteiger partial charge >= 0.3 is 6.18 Å². The summed E-state index contributed by atoms with van der Waals surface area (Å²) in [6.45, 7) is 8.51. The molecule has 0 unspecified atom stereocenters. The number of ether oxygens (including phenoxy) is 1. The number of nitrogens with two attached hydrogens (primary N) is 1. The van der Waals surface area contributed by atoms with E-state index in [9.17, 15) is 18.0 Å². The standard InChI is InChI=1S/C32H41F3N6O2/c1-20(25-16-26(32(33,34)35)19-27(36)17-25)37-30-28-18-24(8-9-29(28)38-21(2)39-30)22-4-6-23(7-5-22)31(42)41-12-10-40(11-13-41)14-15-43-3/h8-9,16-20,22-23H,4-7,10-15,36H2,1-3H3,(H,37,38,39)/t20-,22?,23?/m0/s1. The van der Waals surface area contributed by atoms with Crippen LogP contribution >= 0.6 is 0 Å². The summed E-state index contributed by atoms with van der Waals surface area (Å²) in [6, 6.07) is 9.32. The minimum atomic E-state index is -4.49. The first kappa shape index (κ1) is 31.0. The zero-order valence-electron chi connectivity index (χ0n) is 25.1. The highest BCUT2D eigenvalue weighted by Crippen LogP contribution is 2.39. The van der Waals surface area contributed by atoms with Crippen LogP contribution in [0, 0.1) is 12.8 Å². The first-order valence-corrected chi connectivity index (χ1v) is 15.0. The van der Waals surface area contributed by atoms with Crippen molar-refractivity contribution in [3.63, 3.8) is 0 Å². The van der Waals surface area contributed by atoms with Gasteiger partial charge in [0.15, 0.2) is 0 Å². The molecule has 1 amide bonds. The number of anilines is 2. The highest BCUT2D eigenvalue weighted by Gasteiger charge is 2.33. The summed E-state index contributed by atoms with van der Waals surface area (Å²) in [6.07, 6.45) is -0.931. The highest BCUT2D eigenvalue weighted by molar-refractivity contribution is 5.90. The molecule has 3 N–H and O–H groups in total. The Morgan fingerprint density at radius 3 is 2.47 bits per heavy atom. The number of nitrogens with zero attached hydrogens (tertiary/aromatic N) is 4. The molecule has 11 heteroatoms. The molecule has 1 aliphatic heterocycles. The quantitative estimate of drug-likeness (QED) is 0.318. The van der Waals surface area contributed by atoms with Crippen molar-refractivity contribution in [3.8, 4) is 0 Å². The Bertz CT molecular complexity index is 1430. The zero-order valence-corrected chi connectivity index (χ0v) is 25.1. The van der Waals surface area contributed by atoms with Crippen LogP contribution in [0.15, 0.2) is 36.4 Å². The molecule has 43 heavy (non-hydrogen) atoms. The number of hydrogen-bond donors (Lipinski definition) is 2. The minimum absolute atomic E-state index is 0.0582. The van der Waals surface area contributed by atoms with Crippen LogP contribution in [0.3, 0.4) is 0 Å². The summed E-state index contributed by atoms with van der Waals surface area (Å²) in [5.41, 5.74) is 7.45. The second-order valence-electron chi connectivity index (χ2n) is 11.9. The Morgan fingerprint density at radius 2 is 1.79 bits per heavy atom. The van der Waals surface area contributed by atoms with Crippen LogP contribution in [-0.4, -0.2) is 72.1 Å². The fourth-order valence-corrected chi connectivity index (χ4v) is 6.35. The van der Waals surface area contributed by atoms with E-state index in [2.05, 4.69) is 32.3 Å². The van der Waals surface area contributed by atoms with E-state index in [1.807, 2.05) is 11.0 Å². The molecule has 1 saturated carbocycles. The van der Waals surface area contributed by atoms with E-state index >= 15 is 0 Å². The van der Waals surface area contributed by atoms with Crippen molar-refractivity contribution in [2.45, 2.75) is 57.7 Å². The van der Waals surface area contributed by atoms with Gasteiger partial charge < -0.3 is 20.7 Å². The van der Waals surface area contributed by atoms with Crippen LogP contribution < -0.4 is 11.1 Å². The van der Waals surface area contributed by atoms with E-state index in [4.69, 9.17) is 10.5 Å². The molecule has 2 fully saturated rings. The number of carbonyl (C=O) groups excluding carboxylic acids is 1. The first-order chi connectivity index (χ1) is 20.5. The topological polar surface area (TPSA) is 96.6 Å². The third-order valence-corrected chi connectivity index (χ3v) is 8.83. The molecule has 5 rings (SSSR count). The van der Waals surface area contributed by atoms with Gasteiger partial charge in [0, 0.05) is 56.8 Å². The zero-order chi connectivity index (χ0) is 30.7. The molecular formula is C32H41F3N6O2. The summed E-state index contributed by atoms with van der Waals surface area (Å²) < 4.78 is 45.4. The molecule has 1 aliphatic carbocycles. The molecule has 2 aromatic carbocycles. The lowest BCUT2D eigenvalue weighted by Gasteiger charge is -2.38. The van der Waals surface area contributed by atoms with Gasteiger partial charge in [0.05, 0.1) is 23.7 Å². The van der Waals surface area contributed by atoms with Crippen LogP contribution in [0.1, 0.15) is 67.1 Å². The average Bonchev–Trinajstić information content (AvgIpc) is 2.99. The van der Waals surface area contributed by atoms with Gasteiger partial charge in [-0.25, -0.2) is 9.97 Å². The fraction of sp³-hybridized carbons (Fsp3) is 0.531. The van der Waals surface area contributed by atoms with Crippen LogP contribution in [-0.2, 0) is 15.7 Å². The number of fused-ring (bicyclic) bond motifs is 1. The fourth-order valence-electron chi connectivity index (χ4n) is 6.35. The number of nitrogen functional groups attached to an aromatic ring is 1. The summed E-state index contributed by atoms with van der Waals surface area (Å²) in [7, 11) is 1.71. The highest BCUT2D eigenvalue weighted by atomic mass is 19.4. The third kappa shape index (κ3) is 7.38. The number of aryl methyl sites for hydroxylation is 1. The number of halogens is 3. The molecule has 1 saturated heterocycles. The normalized spacial score (nSPS) is 20.7. The molecule has 232 valence electrons. The van der Waals surface area contributed by atoms with Crippen molar-refractivity contribution in [1.82, 2.24) is 19.8 Å². The molecule has 2 heterocycles. The predicted molar refractivity (Wildman–Crippen MR) is 162 cm³/mol. The van der Waals surface area contributed by atoms with Crippen molar-refractivity contribution in [2.75, 3.05) is 57.5 Å². The van der Waals surface area contributed by atoms with E-state index in [1.54, 1.807) is 27.0 Å². The van der Waals surface area contributed by atoms with Gasteiger partial charge in [0.2, 0.25) is 5.91 Å². The minimum Gasteiger partial charge on any atom is -0.399 e. The SMILES string of the molecule is COCCN1CCN(C(=O)C2CCC(c3ccc4nc(C)nc(N[C@@H](C)c5cc(N)cc(C(F)(F)F)c5)c4c3)CC2)CC1. The average molecular weight is 599 g/mol. The van der Waals surface area contributed by atoms with Gasteiger partial charge in [-0.2, -0.15) is 13.2 Å². The summed E-state index contributed by atoms with van der Waals surface area (Å²) in [4.78, 5) is 26.9. The van der Waals surface area contributed by atoms with Crippen molar-refractivity contribution < 1.29 is 22.7 Å². The number of rotatable bonds is 8. The monoisotopic (exact) mass is 598 g/mol.